The molecule has 0 aromatic heterocycles. The zero-order valence-corrected chi connectivity index (χ0v) is 24.6. The molecule has 0 unspecified atom stereocenters. The van der Waals surface area contributed by atoms with Gasteiger partial charge >= 0.3 is 0 Å². The number of hydrogen-bond acceptors (Lipinski definition) is 8. The lowest BCUT2D eigenvalue weighted by atomic mass is 10.2. The van der Waals surface area contributed by atoms with Crippen molar-refractivity contribution in [3.8, 4) is 23.0 Å². The molecule has 4 rings (SSSR count). The zero-order chi connectivity index (χ0) is 28.6. The van der Waals surface area contributed by atoms with Gasteiger partial charge in [-0.25, -0.2) is 0 Å². The Morgan fingerprint density at radius 2 is 1.70 bits per heavy atom. The maximum absolute atomic E-state index is 13.0. The van der Waals surface area contributed by atoms with Crippen molar-refractivity contribution in [1.29, 1.82) is 0 Å². The highest BCUT2D eigenvalue weighted by molar-refractivity contribution is 9.10. The van der Waals surface area contributed by atoms with Crippen LogP contribution in [0.2, 0.25) is 5.02 Å². The molecule has 3 aromatic rings. The largest absolute Gasteiger partial charge is 0.493 e. The molecule has 12 heteroatoms. The molecule has 1 N–H and O–H groups in total. The van der Waals surface area contributed by atoms with E-state index in [1.54, 1.807) is 60.7 Å². The molecule has 208 valence electrons. The molecule has 0 saturated carbocycles. The van der Waals surface area contributed by atoms with E-state index in [1.807, 2.05) is 6.07 Å². The predicted molar refractivity (Wildman–Crippen MR) is 157 cm³/mol. The maximum atomic E-state index is 13.0. The van der Waals surface area contributed by atoms with Crippen molar-refractivity contribution >= 4 is 68.1 Å². The summed E-state index contributed by atoms with van der Waals surface area (Å²) in [6, 6.07) is 17.3. The molecule has 3 amide bonds. The monoisotopic (exact) mass is 646 g/mol. The van der Waals surface area contributed by atoms with Gasteiger partial charge < -0.3 is 24.3 Å². The van der Waals surface area contributed by atoms with Crippen molar-refractivity contribution in [2.24, 2.45) is 0 Å². The Hall–Kier alpha value is -3.67. The quantitative estimate of drug-likeness (QED) is 0.244. The lowest BCUT2D eigenvalue weighted by Crippen LogP contribution is -2.32. The molecule has 40 heavy (non-hydrogen) atoms. The minimum absolute atomic E-state index is 0.0795. The van der Waals surface area contributed by atoms with Crippen LogP contribution in [0, 0.1) is 0 Å². The van der Waals surface area contributed by atoms with Crippen LogP contribution in [0.15, 0.2) is 70.0 Å². The summed E-state index contributed by atoms with van der Waals surface area (Å²) in [6.07, 6.45) is 1.59. The van der Waals surface area contributed by atoms with Crippen molar-refractivity contribution in [3.63, 3.8) is 0 Å². The molecule has 9 nitrogen and oxygen atoms in total. The lowest BCUT2D eigenvalue weighted by Gasteiger charge is -2.15. The number of carbonyl (C=O) groups excluding carboxylic acids is 3. The molecular formula is C28H24BrClN2O7S. The third-order valence-corrected chi connectivity index (χ3v) is 7.39. The number of rotatable bonds is 11. The van der Waals surface area contributed by atoms with Crippen molar-refractivity contribution < 1.29 is 33.3 Å². The normalized spacial score (nSPS) is 13.9. The summed E-state index contributed by atoms with van der Waals surface area (Å²) in [6.45, 7) is -0.105. The van der Waals surface area contributed by atoms with Crippen LogP contribution < -0.4 is 24.3 Å². The van der Waals surface area contributed by atoms with Crippen LogP contribution >= 0.6 is 39.3 Å². The van der Waals surface area contributed by atoms with E-state index >= 15 is 0 Å². The van der Waals surface area contributed by atoms with Gasteiger partial charge in [-0.3, -0.25) is 19.3 Å². The number of amides is 3. The van der Waals surface area contributed by atoms with Crippen molar-refractivity contribution in [2.45, 2.75) is 0 Å². The molecule has 0 bridgehead atoms. The Balaban J connectivity index is 1.40. The molecule has 1 fully saturated rings. The van der Waals surface area contributed by atoms with E-state index in [-0.39, 0.29) is 24.7 Å². The standard InChI is InChI=1S/C28H24BrClN2O7S/c1-36-21-9-5-6-10-22(21)38-12-11-32-27(34)24(40-28(32)35)15-17-13-18(29)26(23(14-17)37-2)39-16-25(33)31-20-8-4-3-7-19(20)30/h3-10,13-15H,11-12,16H2,1-2H3,(H,31,33)/b24-15-. The number of para-hydroxylation sites is 3. The Kier molecular flexibility index (Phi) is 9.97. The lowest BCUT2D eigenvalue weighted by molar-refractivity contribution is -0.123. The molecule has 3 aromatic carbocycles. The van der Waals surface area contributed by atoms with E-state index in [1.165, 1.54) is 14.2 Å². The first-order chi connectivity index (χ1) is 19.3. The summed E-state index contributed by atoms with van der Waals surface area (Å²) < 4.78 is 22.6. The summed E-state index contributed by atoms with van der Waals surface area (Å²) in [7, 11) is 2.99. The topological polar surface area (TPSA) is 103 Å². The SMILES string of the molecule is COc1ccccc1OCCN1C(=O)S/C(=C\c2cc(Br)c(OCC(=O)Nc3ccccc3Cl)c(OC)c2)C1=O. The molecule has 0 spiro atoms. The third kappa shape index (κ3) is 7.09. The fourth-order valence-electron chi connectivity index (χ4n) is 3.68. The number of anilines is 1. The van der Waals surface area contributed by atoms with E-state index in [9.17, 15) is 14.4 Å². The first-order valence-corrected chi connectivity index (χ1v) is 13.9. The average Bonchev–Trinajstić information content (AvgIpc) is 3.20. The highest BCUT2D eigenvalue weighted by Gasteiger charge is 2.35. The first kappa shape index (κ1) is 29.3. The molecular weight excluding hydrogens is 624 g/mol. The Bertz CT molecular complexity index is 1470. The number of imide groups is 1. The highest BCUT2D eigenvalue weighted by atomic mass is 79.9. The van der Waals surface area contributed by atoms with E-state index in [4.69, 9.17) is 30.5 Å². The number of benzene rings is 3. The number of methoxy groups -OCH3 is 2. The first-order valence-electron chi connectivity index (χ1n) is 11.9. The molecule has 0 aliphatic carbocycles. The highest BCUT2D eigenvalue weighted by Crippen LogP contribution is 2.39. The van der Waals surface area contributed by atoms with Gasteiger partial charge in [-0.2, -0.15) is 0 Å². The number of halogens is 2. The summed E-state index contributed by atoms with van der Waals surface area (Å²) in [4.78, 5) is 39.3. The Morgan fingerprint density at radius 3 is 2.42 bits per heavy atom. The van der Waals surface area contributed by atoms with Gasteiger partial charge in [-0.05, 0) is 75.7 Å². The summed E-state index contributed by atoms with van der Waals surface area (Å²) in [5.41, 5.74) is 1.06. The van der Waals surface area contributed by atoms with Gasteiger partial charge in [0.25, 0.3) is 17.1 Å². The van der Waals surface area contributed by atoms with E-state index < -0.39 is 17.1 Å². The van der Waals surface area contributed by atoms with Crippen LogP contribution in [-0.2, 0) is 9.59 Å². The molecule has 1 saturated heterocycles. The fourth-order valence-corrected chi connectivity index (χ4v) is 5.30. The maximum Gasteiger partial charge on any atom is 0.293 e. The van der Waals surface area contributed by atoms with Gasteiger partial charge in [0.2, 0.25) is 0 Å². The molecule has 1 heterocycles. The molecule has 1 aliphatic rings. The van der Waals surface area contributed by atoms with E-state index in [0.29, 0.717) is 43.7 Å². The fraction of sp³-hybridized carbons (Fsp3) is 0.179. The summed E-state index contributed by atoms with van der Waals surface area (Å²) in [5, 5.41) is 2.70. The number of thioether (sulfide) groups is 1. The van der Waals surface area contributed by atoms with Crippen molar-refractivity contribution in [1.82, 2.24) is 4.90 Å². The minimum atomic E-state index is -0.426. The molecule has 0 radical (unpaired) electrons. The second-order valence-electron chi connectivity index (χ2n) is 8.18. The van der Waals surface area contributed by atoms with Gasteiger partial charge in [0.15, 0.2) is 29.6 Å². The second-order valence-corrected chi connectivity index (χ2v) is 10.4. The number of carbonyl (C=O) groups is 3. The van der Waals surface area contributed by atoms with Crippen molar-refractivity contribution in [2.75, 3.05) is 39.3 Å². The predicted octanol–water partition coefficient (Wildman–Crippen LogP) is 6.25. The second kappa shape index (κ2) is 13.6. The third-order valence-electron chi connectivity index (χ3n) is 5.56. The number of nitrogens with zero attached hydrogens (tertiary/aromatic N) is 1. The van der Waals surface area contributed by atoms with Gasteiger partial charge in [0.1, 0.15) is 6.61 Å². The summed E-state index contributed by atoms with van der Waals surface area (Å²) >= 11 is 10.4. The Morgan fingerprint density at radius 1 is 1.00 bits per heavy atom. The minimum Gasteiger partial charge on any atom is -0.493 e. The van der Waals surface area contributed by atoms with E-state index in [2.05, 4.69) is 21.2 Å². The number of ether oxygens (including phenoxy) is 4. The van der Waals surface area contributed by atoms with Gasteiger partial charge in [0, 0.05) is 0 Å². The number of hydrogen-bond donors (Lipinski definition) is 1. The molecule has 1 aliphatic heterocycles. The van der Waals surface area contributed by atoms with Crippen molar-refractivity contribution in [3.05, 3.63) is 80.6 Å². The van der Waals surface area contributed by atoms with Crippen LogP contribution in [0.1, 0.15) is 5.56 Å². The average molecular weight is 648 g/mol. The van der Waals surface area contributed by atoms with Crippen LogP contribution in [0.4, 0.5) is 10.5 Å². The number of nitrogens with one attached hydrogen (secondary N) is 1. The Labute approximate surface area is 248 Å². The van der Waals surface area contributed by atoms with Crippen LogP contribution in [0.25, 0.3) is 6.08 Å². The van der Waals surface area contributed by atoms with Gasteiger partial charge in [0.05, 0.1) is 40.9 Å². The summed E-state index contributed by atoms with van der Waals surface area (Å²) in [5.74, 6) is 0.878. The van der Waals surface area contributed by atoms with Gasteiger partial charge in [-0.15, -0.1) is 0 Å². The van der Waals surface area contributed by atoms with Crippen LogP contribution in [0.5, 0.6) is 23.0 Å². The smallest absolute Gasteiger partial charge is 0.293 e. The van der Waals surface area contributed by atoms with Gasteiger partial charge in [-0.1, -0.05) is 35.9 Å². The molecule has 0 atom stereocenters. The van der Waals surface area contributed by atoms with Crippen LogP contribution in [-0.4, -0.2) is 55.9 Å². The van der Waals surface area contributed by atoms with Crippen LogP contribution in [0.3, 0.4) is 0 Å². The van der Waals surface area contributed by atoms with E-state index in [0.717, 1.165) is 16.7 Å². The zero-order valence-electron chi connectivity index (χ0n) is 21.4.